The van der Waals surface area contributed by atoms with E-state index in [0.717, 1.165) is 50.6 Å². The Bertz CT molecular complexity index is 711. The average Bonchev–Trinajstić information content (AvgIpc) is 3.02. The van der Waals surface area contributed by atoms with E-state index in [-0.39, 0.29) is 12.3 Å². The van der Waals surface area contributed by atoms with Crippen molar-refractivity contribution < 1.29 is 9.32 Å². The van der Waals surface area contributed by atoms with Gasteiger partial charge in [0.25, 0.3) is 0 Å². The summed E-state index contributed by atoms with van der Waals surface area (Å²) < 4.78 is 4.91. The molecule has 1 aliphatic heterocycles. The Morgan fingerprint density at radius 1 is 1.24 bits per heavy atom. The Hall–Kier alpha value is -1.92. The number of rotatable bonds is 6. The van der Waals surface area contributed by atoms with Gasteiger partial charge in [-0.05, 0) is 31.0 Å². The first-order chi connectivity index (χ1) is 12.1. The van der Waals surface area contributed by atoms with Crippen LogP contribution in [0.3, 0.4) is 0 Å². The lowest BCUT2D eigenvalue weighted by Crippen LogP contribution is -2.49. The highest BCUT2D eigenvalue weighted by Gasteiger charge is 2.22. The fraction of sp³-hybridized carbons (Fsp3) is 0.500. The maximum absolute atomic E-state index is 12.3. The van der Waals surface area contributed by atoms with E-state index in [1.54, 1.807) is 6.92 Å². The molecular weight excluding hydrogens is 340 g/mol. The highest BCUT2D eigenvalue weighted by Crippen LogP contribution is 2.17. The Kier molecular flexibility index (Phi) is 6.04. The van der Waals surface area contributed by atoms with Crippen molar-refractivity contribution in [3.05, 3.63) is 46.6 Å². The van der Waals surface area contributed by atoms with Gasteiger partial charge < -0.3 is 9.42 Å². The van der Waals surface area contributed by atoms with Gasteiger partial charge in [-0.15, -0.1) is 0 Å². The molecule has 2 heterocycles. The fourth-order valence-corrected chi connectivity index (χ4v) is 3.31. The molecule has 134 valence electrons. The van der Waals surface area contributed by atoms with Crippen molar-refractivity contribution in [3.63, 3.8) is 0 Å². The standard InChI is InChI=1S/C18H23ClN4O2/c1-14-20-17(21-25-14)13-18(24)23-11-9-22(10-12-23)8-4-6-15-5-2-3-7-16(15)19/h2-3,5,7H,4,6,8-13H2,1H3. The van der Waals surface area contributed by atoms with E-state index >= 15 is 0 Å². The van der Waals surface area contributed by atoms with Gasteiger partial charge in [0.15, 0.2) is 5.82 Å². The Morgan fingerprint density at radius 2 is 2.00 bits per heavy atom. The molecule has 0 N–H and O–H groups in total. The van der Waals surface area contributed by atoms with Gasteiger partial charge in [-0.3, -0.25) is 9.69 Å². The van der Waals surface area contributed by atoms with Crippen molar-refractivity contribution in [1.29, 1.82) is 0 Å². The normalized spacial score (nSPS) is 15.5. The second kappa shape index (κ2) is 8.45. The molecule has 1 aliphatic rings. The largest absolute Gasteiger partial charge is 0.340 e. The van der Waals surface area contributed by atoms with Crippen LogP contribution < -0.4 is 0 Å². The molecule has 0 unspecified atom stereocenters. The smallest absolute Gasteiger partial charge is 0.230 e. The summed E-state index contributed by atoms with van der Waals surface area (Å²) in [4.78, 5) is 20.7. The number of hydrogen-bond donors (Lipinski definition) is 0. The van der Waals surface area contributed by atoms with Crippen molar-refractivity contribution in [2.24, 2.45) is 0 Å². The van der Waals surface area contributed by atoms with Crippen LogP contribution in [-0.4, -0.2) is 58.6 Å². The maximum Gasteiger partial charge on any atom is 0.230 e. The van der Waals surface area contributed by atoms with Crippen molar-refractivity contribution in [3.8, 4) is 0 Å². The minimum absolute atomic E-state index is 0.0662. The van der Waals surface area contributed by atoms with Gasteiger partial charge in [-0.1, -0.05) is 35.0 Å². The van der Waals surface area contributed by atoms with Gasteiger partial charge in [-0.2, -0.15) is 4.98 Å². The van der Waals surface area contributed by atoms with Crippen molar-refractivity contribution in [1.82, 2.24) is 19.9 Å². The molecule has 1 saturated heterocycles. The van der Waals surface area contributed by atoms with E-state index in [1.807, 2.05) is 23.1 Å². The van der Waals surface area contributed by atoms with E-state index in [4.69, 9.17) is 16.1 Å². The lowest BCUT2D eigenvalue weighted by Gasteiger charge is -2.34. The summed E-state index contributed by atoms with van der Waals surface area (Å²) in [6.45, 7) is 6.06. The molecule has 1 fully saturated rings. The lowest BCUT2D eigenvalue weighted by molar-refractivity contribution is -0.132. The molecule has 1 aromatic heterocycles. The van der Waals surface area contributed by atoms with Gasteiger partial charge in [0.05, 0.1) is 6.42 Å². The monoisotopic (exact) mass is 362 g/mol. The van der Waals surface area contributed by atoms with E-state index in [1.165, 1.54) is 5.56 Å². The number of piperazine rings is 1. The van der Waals surface area contributed by atoms with E-state index in [2.05, 4.69) is 21.1 Å². The number of aryl methyl sites for hydroxylation is 2. The Labute approximate surface area is 152 Å². The van der Waals surface area contributed by atoms with Crippen LogP contribution in [0.1, 0.15) is 23.7 Å². The van der Waals surface area contributed by atoms with Crippen LogP contribution in [0, 0.1) is 6.92 Å². The minimum atomic E-state index is 0.0662. The van der Waals surface area contributed by atoms with Crippen LogP contribution in [0.5, 0.6) is 0 Å². The molecule has 2 aromatic rings. The van der Waals surface area contributed by atoms with Gasteiger partial charge in [0.2, 0.25) is 11.8 Å². The summed E-state index contributed by atoms with van der Waals surface area (Å²) >= 11 is 6.19. The molecule has 7 heteroatoms. The third-order valence-electron chi connectivity index (χ3n) is 4.48. The average molecular weight is 363 g/mol. The first kappa shape index (κ1) is 17.9. The quantitative estimate of drug-likeness (QED) is 0.789. The second-order valence-corrected chi connectivity index (χ2v) is 6.73. The zero-order chi connectivity index (χ0) is 17.6. The molecule has 3 rings (SSSR count). The maximum atomic E-state index is 12.3. The molecular formula is C18H23ClN4O2. The number of nitrogens with zero attached hydrogens (tertiary/aromatic N) is 4. The third-order valence-corrected chi connectivity index (χ3v) is 4.85. The van der Waals surface area contributed by atoms with Crippen LogP contribution in [0.15, 0.2) is 28.8 Å². The third kappa shape index (κ3) is 5.03. The molecule has 1 aromatic carbocycles. The molecule has 6 nitrogen and oxygen atoms in total. The van der Waals surface area contributed by atoms with Crippen LogP contribution >= 0.6 is 11.6 Å². The molecule has 0 atom stereocenters. The summed E-state index contributed by atoms with van der Waals surface area (Å²) in [7, 11) is 0. The number of hydrogen-bond acceptors (Lipinski definition) is 5. The summed E-state index contributed by atoms with van der Waals surface area (Å²) in [5.41, 5.74) is 1.20. The molecule has 0 aliphatic carbocycles. The first-order valence-electron chi connectivity index (χ1n) is 8.64. The van der Waals surface area contributed by atoms with E-state index in [0.29, 0.717) is 11.7 Å². The Morgan fingerprint density at radius 3 is 2.68 bits per heavy atom. The topological polar surface area (TPSA) is 62.5 Å². The predicted molar refractivity (Wildman–Crippen MR) is 95.5 cm³/mol. The molecule has 25 heavy (non-hydrogen) atoms. The molecule has 1 amide bonds. The molecule has 0 radical (unpaired) electrons. The van der Waals surface area contributed by atoms with Crippen molar-refractivity contribution >= 4 is 17.5 Å². The first-order valence-corrected chi connectivity index (χ1v) is 9.02. The number of carbonyl (C=O) groups is 1. The lowest BCUT2D eigenvalue weighted by atomic mass is 10.1. The molecule has 0 spiro atoms. The van der Waals surface area contributed by atoms with Crippen LogP contribution in [0.25, 0.3) is 0 Å². The van der Waals surface area contributed by atoms with Crippen molar-refractivity contribution in [2.75, 3.05) is 32.7 Å². The number of halogens is 1. The van der Waals surface area contributed by atoms with E-state index < -0.39 is 0 Å². The van der Waals surface area contributed by atoms with Crippen LogP contribution in [0.2, 0.25) is 5.02 Å². The zero-order valence-corrected chi connectivity index (χ0v) is 15.2. The van der Waals surface area contributed by atoms with Gasteiger partial charge in [0, 0.05) is 38.1 Å². The molecule has 0 saturated carbocycles. The second-order valence-electron chi connectivity index (χ2n) is 6.32. The van der Waals surface area contributed by atoms with Crippen LogP contribution in [-0.2, 0) is 17.6 Å². The Balaban J connectivity index is 1.38. The number of benzene rings is 1. The van der Waals surface area contributed by atoms with Crippen LogP contribution in [0.4, 0.5) is 0 Å². The summed E-state index contributed by atoms with van der Waals surface area (Å²) in [5, 5.41) is 4.63. The zero-order valence-electron chi connectivity index (χ0n) is 14.4. The number of aromatic nitrogens is 2. The van der Waals surface area contributed by atoms with Gasteiger partial charge in [0.1, 0.15) is 0 Å². The number of amides is 1. The number of carbonyl (C=O) groups excluding carboxylic acids is 1. The van der Waals surface area contributed by atoms with E-state index in [9.17, 15) is 4.79 Å². The SMILES string of the molecule is Cc1nc(CC(=O)N2CCN(CCCc3ccccc3Cl)CC2)no1. The van der Waals surface area contributed by atoms with Gasteiger partial charge in [-0.25, -0.2) is 0 Å². The minimum Gasteiger partial charge on any atom is -0.340 e. The highest BCUT2D eigenvalue weighted by molar-refractivity contribution is 6.31. The summed E-state index contributed by atoms with van der Waals surface area (Å²) in [6, 6.07) is 8.00. The summed E-state index contributed by atoms with van der Waals surface area (Å²) in [5.74, 6) is 1.02. The van der Waals surface area contributed by atoms with Crippen molar-refractivity contribution in [2.45, 2.75) is 26.2 Å². The highest BCUT2D eigenvalue weighted by atomic mass is 35.5. The fourth-order valence-electron chi connectivity index (χ4n) is 3.08. The molecule has 0 bridgehead atoms. The predicted octanol–water partition coefficient (Wildman–Crippen LogP) is 2.35. The summed E-state index contributed by atoms with van der Waals surface area (Å²) in [6.07, 6.45) is 2.26. The van der Waals surface area contributed by atoms with Gasteiger partial charge >= 0.3 is 0 Å².